The highest BCUT2D eigenvalue weighted by Gasteiger charge is 2.48. The summed E-state index contributed by atoms with van der Waals surface area (Å²) in [5.41, 5.74) is 0.953. The van der Waals surface area contributed by atoms with Gasteiger partial charge in [-0.15, -0.1) is 0 Å². The van der Waals surface area contributed by atoms with E-state index in [2.05, 4.69) is 10.6 Å². The number of amides is 2. The molecule has 2 fully saturated rings. The number of halogens is 2. The summed E-state index contributed by atoms with van der Waals surface area (Å²) in [6, 6.07) is 5.66. The van der Waals surface area contributed by atoms with Crippen molar-refractivity contribution in [2.24, 2.45) is 11.8 Å². The lowest BCUT2D eigenvalue weighted by Crippen LogP contribution is -2.38. The molecule has 2 aliphatic carbocycles. The van der Waals surface area contributed by atoms with Crippen molar-refractivity contribution in [1.29, 1.82) is 0 Å². The van der Waals surface area contributed by atoms with Crippen molar-refractivity contribution < 1.29 is 9.59 Å². The second-order valence-electron chi connectivity index (χ2n) is 7.07. The first-order chi connectivity index (χ1) is 12.0. The summed E-state index contributed by atoms with van der Waals surface area (Å²) in [5.74, 6) is -0.313. The zero-order chi connectivity index (χ0) is 17.8. The van der Waals surface area contributed by atoms with Crippen LogP contribution in [0.25, 0.3) is 0 Å². The van der Waals surface area contributed by atoms with Crippen LogP contribution >= 0.6 is 23.2 Å². The van der Waals surface area contributed by atoms with E-state index in [1.54, 1.807) is 12.1 Å². The number of carbonyl (C=O) groups is 2. The zero-order valence-electron chi connectivity index (χ0n) is 14.2. The van der Waals surface area contributed by atoms with Gasteiger partial charge in [0.2, 0.25) is 11.8 Å². The minimum Gasteiger partial charge on any atom is -0.356 e. The van der Waals surface area contributed by atoms with Gasteiger partial charge in [-0.05, 0) is 43.4 Å². The lowest BCUT2D eigenvalue weighted by atomic mass is 9.95. The smallest absolute Gasteiger partial charge is 0.224 e. The third-order valence-electron chi connectivity index (χ3n) is 5.12. The van der Waals surface area contributed by atoms with Gasteiger partial charge in [0.25, 0.3) is 0 Å². The van der Waals surface area contributed by atoms with Crippen LogP contribution in [0.3, 0.4) is 0 Å². The molecule has 0 saturated heterocycles. The Kier molecular flexibility index (Phi) is 6.24. The van der Waals surface area contributed by atoms with Gasteiger partial charge in [-0.2, -0.15) is 0 Å². The molecule has 136 valence electrons. The van der Waals surface area contributed by atoms with Crippen LogP contribution < -0.4 is 10.6 Å². The molecule has 1 aromatic rings. The molecule has 4 nitrogen and oxygen atoms in total. The average Bonchev–Trinajstić information content (AvgIpc) is 3.38. The Morgan fingerprint density at radius 2 is 1.76 bits per heavy atom. The first kappa shape index (κ1) is 18.5. The van der Waals surface area contributed by atoms with Crippen LogP contribution in [0.1, 0.15) is 44.1 Å². The van der Waals surface area contributed by atoms with Crippen LogP contribution in [0.2, 0.25) is 10.0 Å². The van der Waals surface area contributed by atoms with E-state index < -0.39 is 0 Å². The standard InChI is InChI=1S/C19H24Cl2N2O2/c20-13-7-6-12(17(21)10-13)8-9-22-18(24)15-11-16(15)19(25)23-14-4-2-1-3-5-14/h6-7,10,14-16H,1-5,8-9,11H2,(H,22,24)(H,23,25). The van der Waals surface area contributed by atoms with Crippen molar-refractivity contribution in [3.05, 3.63) is 33.8 Å². The number of hydrogen-bond donors (Lipinski definition) is 2. The SMILES string of the molecule is O=C(NCCc1ccc(Cl)cc1Cl)C1CC1C(=O)NC1CCCCC1. The van der Waals surface area contributed by atoms with Gasteiger partial charge in [0.1, 0.15) is 0 Å². The minimum atomic E-state index is -0.177. The summed E-state index contributed by atoms with van der Waals surface area (Å²) in [5, 5.41) is 7.23. The van der Waals surface area contributed by atoms with Crippen LogP contribution in [0.4, 0.5) is 0 Å². The third kappa shape index (κ3) is 5.11. The molecule has 0 heterocycles. The average molecular weight is 383 g/mol. The predicted molar refractivity (Wildman–Crippen MR) is 99.8 cm³/mol. The highest BCUT2D eigenvalue weighted by Crippen LogP contribution is 2.39. The Balaban J connectivity index is 1.38. The van der Waals surface area contributed by atoms with Crippen LogP contribution in [0, 0.1) is 11.8 Å². The molecule has 2 unspecified atom stereocenters. The number of nitrogens with one attached hydrogen (secondary N) is 2. The lowest BCUT2D eigenvalue weighted by Gasteiger charge is -2.22. The van der Waals surface area contributed by atoms with Crippen LogP contribution in [-0.2, 0) is 16.0 Å². The van der Waals surface area contributed by atoms with Crippen LogP contribution in [0.15, 0.2) is 18.2 Å². The molecule has 1 aromatic carbocycles. The summed E-state index contributed by atoms with van der Waals surface area (Å²) < 4.78 is 0. The van der Waals surface area contributed by atoms with Crippen molar-refractivity contribution >= 4 is 35.0 Å². The van der Waals surface area contributed by atoms with Gasteiger partial charge in [-0.1, -0.05) is 48.5 Å². The number of rotatable bonds is 6. The fourth-order valence-corrected chi connectivity index (χ4v) is 4.01. The topological polar surface area (TPSA) is 58.2 Å². The number of carbonyl (C=O) groups excluding carboxylic acids is 2. The van der Waals surface area contributed by atoms with E-state index >= 15 is 0 Å². The van der Waals surface area contributed by atoms with Gasteiger partial charge in [0.05, 0.1) is 11.8 Å². The molecular weight excluding hydrogens is 359 g/mol. The summed E-state index contributed by atoms with van der Waals surface area (Å²) >= 11 is 12.0. The van der Waals surface area contributed by atoms with E-state index in [1.165, 1.54) is 19.3 Å². The normalized spacial score (nSPS) is 23.1. The Labute approximate surface area is 158 Å². The van der Waals surface area contributed by atoms with Crippen LogP contribution in [0.5, 0.6) is 0 Å². The van der Waals surface area contributed by atoms with Crippen LogP contribution in [-0.4, -0.2) is 24.4 Å². The Hall–Kier alpha value is -1.26. The molecule has 0 spiro atoms. The second kappa shape index (κ2) is 8.41. The molecule has 2 saturated carbocycles. The highest BCUT2D eigenvalue weighted by atomic mass is 35.5. The second-order valence-corrected chi connectivity index (χ2v) is 7.91. The molecule has 0 aliphatic heterocycles. The van der Waals surface area contributed by atoms with E-state index in [0.717, 1.165) is 18.4 Å². The maximum Gasteiger partial charge on any atom is 0.224 e. The van der Waals surface area contributed by atoms with E-state index in [1.807, 2.05) is 6.07 Å². The van der Waals surface area contributed by atoms with Crippen molar-refractivity contribution in [2.45, 2.75) is 51.0 Å². The van der Waals surface area contributed by atoms with Gasteiger partial charge in [-0.25, -0.2) is 0 Å². The van der Waals surface area contributed by atoms with E-state index in [4.69, 9.17) is 23.2 Å². The monoisotopic (exact) mass is 382 g/mol. The summed E-state index contributed by atoms with van der Waals surface area (Å²) in [4.78, 5) is 24.4. The highest BCUT2D eigenvalue weighted by molar-refractivity contribution is 6.35. The van der Waals surface area contributed by atoms with Crippen molar-refractivity contribution in [3.63, 3.8) is 0 Å². The Morgan fingerprint density at radius 3 is 2.48 bits per heavy atom. The van der Waals surface area contributed by atoms with Gasteiger partial charge in [0.15, 0.2) is 0 Å². The lowest BCUT2D eigenvalue weighted by molar-refractivity contribution is -0.127. The minimum absolute atomic E-state index is 0.0334. The molecule has 2 atom stereocenters. The maximum absolute atomic E-state index is 12.2. The van der Waals surface area contributed by atoms with Gasteiger partial charge < -0.3 is 10.6 Å². The molecule has 2 aliphatic rings. The Bertz CT molecular complexity index is 644. The Morgan fingerprint density at radius 1 is 1.04 bits per heavy atom. The molecule has 0 bridgehead atoms. The number of hydrogen-bond acceptors (Lipinski definition) is 2. The van der Waals surface area contributed by atoms with Gasteiger partial charge in [0, 0.05) is 22.6 Å². The molecule has 25 heavy (non-hydrogen) atoms. The first-order valence-corrected chi connectivity index (χ1v) is 9.82. The molecule has 6 heteroatoms. The largest absolute Gasteiger partial charge is 0.356 e. The molecule has 2 amide bonds. The third-order valence-corrected chi connectivity index (χ3v) is 5.71. The van der Waals surface area contributed by atoms with Gasteiger partial charge >= 0.3 is 0 Å². The van der Waals surface area contributed by atoms with Crippen molar-refractivity contribution in [3.8, 4) is 0 Å². The maximum atomic E-state index is 12.2. The molecule has 2 N–H and O–H groups in total. The fraction of sp³-hybridized carbons (Fsp3) is 0.579. The van der Waals surface area contributed by atoms with E-state index in [-0.39, 0.29) is 23.7 Å². The molecule has 0 radical (unpaired) electrons. The van der Waals surface area contributed by atoms with E-state index in [9.17, 15) is 9.59 Å². The summed E-state index contributed by atoms with van der Waals surface area (Å²) in [6.45, 7) is 0.508. The summed E-state index contributed by atoms with van der Waals surface area (Å²) in [7, 11) is 0. The van der Waals surface area contributed by atoms with Crippen molar-refractivity contribution in [2.75, 3.05) is 6.54 Å². The van der Waals surface area contributed by atoms with E-state index in [0.29, 0.717) is 35.5 Å². The summed E-state index contributed by atoms with van der Waals surface area (Å²) in [6.07, 6.45) is 7.08. The molecule has 3 rings (SSSR count). The zero-order valence-corrected chi connectivity index (χ0v) is 15.7. The first-order valence-electron chi connectivity index (χ1n) is 9.06. The molecular formula is C19H24Cl2N2O2. The number of benzene rings is 1. The van der Waals surface area contributed by atoms with Crippen molar-refractivity contribution in [1.82, 2.24) is 10.6 Å². The molecule has 0 aromatic heterocycles. The quantitative estimate of drug-likeness (QED) is 0.786. The predicted octanol–water partition coefficient (Wildman–Crippen LogP) is 3.74. The van der Waals surface area contributed by atoms with Gasteiger partial charge in [-0.3, -0.25) is 9.59 Å². The fourth-order valence-electron chi connectivity index (χ4n) is 3.51.